The van der Waals surface area contributed by atoms with E-state index in [0.29, 0.717) is 23.4 Å². The van der Waals surface area contributed by atoms with Crippen molar-refractivity contribution in [3.05, 3.63) is 77.5 Å². The summed E-state index contributed by atoms with van der Waals surface area (Å²) in [5.41, 5.74) is 0.904. The highest BCUT2D eigenvalue weighted by Crippen LogP contribution is 2.45. The Labute approximate surface area is 203 Å². The molecule has 1 unspecified atom stereocenters. The number of carbonyl (C=O) groups excluding carboxylic acids is 2. The SMILES string of the molecule is CCOc1ccc2nc(N3C(=O)C(O)=C(C(=O)c4ccco4)C3c3ccc(O)c(OC)c3)sc2c1. The molecule has 5 rings (SSSR count). The molecule has 2 aromatic heterocycles. The van der Waals surface area contributed by atoms with Crippen LogP contribution in [0.25, 0.3) is 10.2 Å². The number of rotatable bonds is 7. The van der Waals surface area contributed by atoms with Crippen molar-refractivity contribution in [2.45, 2.75) is 13.0 Å². The van der Waals surface area contributed by atoms with Gasteiger partial charge in [0.15, 0.2) is 28.1 Å². The number of aromatic nitrogens is 1. The number of carbonyl (C=O) groups is 2. The number of hydrogen-bond donors (Lipinski definition) is 2. The number of hydrogen-bond acceptors (Lipinski definition) is 9. The van der Waals surface area contributed by atoms with Crippen LogP contribution >= 0.6 is 11.3 Å². The number of amides is 1. The minimum atomic E-state index is -1.04. The maximum absolute atomic E-state index is 13.3. The number of aliphatic hydroxyl groups is 1. The number of methoxy groups -OCH3 is 1. The summed E-state index contributed by atoms with van der Waals surface area (Å²) in [6.07, 6.45) is 1.33. The maximum atomic E-state index is 13.3. The van der Waals surface area contributed by atoms with Crippen LogP contribution in [0.15, 0.2) is 70.5 Å². The molecule has 178 valence electrons. The van der Waals surface area contributed by atoms with Crippen molar-refractivity contribution in [3.63, 3.8) is 0 Å². The first-order valence-corrected chi connectivity index (χ1v) is 11.5. The van der Waals surface area contributed by atoms with E-state index < -0.39 is 23.5 Å². The number of anilines is 1. The van der Waals surface area contributed by atoms with Crippen molar-refractivity contribution in [2.75, 3.05) is 18.6 Å². The van der Waals surface area contributed by atoms with E-state index >= 15 is 0 Å². The minimum Gasteiger partial charge on any atom is -0.504 e. The zero-order valence-corrected chi connectivity index (χ0v) is 19.5. The number of phenolic OH excluding ortho intramolecular Hbond substituents is 1. The smallest absolute Gasteiger partial charge is 0.296 e. The molecule has 35 heavy (non-hydrogen) atoms. The van der Waals surface area contributed by atoms with Crippen LogP contribution in [0.1, 0.15) is 29.1 Å². The summed E-state index contributed by atoms with van der Waals surface area (Å²) in [6, 6.07) is 11.8. The number of phenols is 1. The Bertz CT molecular complexity index is 1470. The number of ketones is 1. The Morgan fingerprint density at radius 2 is 2.03 bits per heavy atom. The Balaban J connectivity index is 1.67. The topological polar surface area (TPSA) is 122 Å². The zero-order chi connectivity index (χ0) is 24.7. The second kappa shape index (κ2) is 8.80. The first-order valence-electron chi connectivity index (χ1n) is 10.7. The van der Waals surface area contributed by atoms with Gasteiger partial charge in [0, 0.05) is 0 Å². The van der Waals surface area contributed by atoms with Crippen molar-refractivity contribution in [3.8, 4) is 17.2 Å². The van der Waals surface area contributed by atoms with Crippen molar-refractivity contribution in [1.82, 2.24) is 4.98 Å². The molecule has 2 N–H and O–H groups in total. The van der Waals surface area contributed by atoms with E-state index in [1.54, 1.807) is 24.3 Å². The first kappa shape index (κ1) is 22.5. The second-order valence-electron chi connectivity index (χ2n) is 7.64. The summed E-state index contributed by atoms with van der Waals surface area (Å²) in [5.74, 6) is -1.43. The third-order valence-electron chi connectivity index (χ3n) is 5.58. The number of thiazole rings is 1. The monoisotopic (exact) mass is 492 g/mol. The molecular weight excluding hydrogens is 472 g/mol. The lowest BCUT2D eigenvalue weighted by Gasteiger charge is -2.24. The average molecular weight is 493 g/mol. The fourth-order valence-corrected chi connectivity index (χ4v) is 5.03. The van der Waals surface area contributed by atoms with Gasteiger partial charge in [-0.3, -0.25) is 14.5 Å². The average Bonchev–Trinajstić information content (AvgIpc) is 3.58. The summed E-state index contributed by atoms with van der Waals surface area (Å²) >= 11 is 1.22. The van der Waals surface area contributed by atoms with E-state index in [9.17, 15) is 19.8 Å². The number of Topliss-reactive ketones (excluding diaryl/α,β-unsaturated/α-hetero) is 1. The van der Waals surface area contributed by atoms with Gasteiger partial charge < -0.3 is 24.1 Å². The van der Waals surface area contributed by atoms with Gasteiger partial charge in [0.25, 0.3) is 5.91 Å². The highest BCUT2D eigenvalue weighted by atomic mass is 32.1. The van der Waals surface area contributed by atoms with E-state index in [2.05, 4.69) is 4.98 Å². The number of fused-ring (bicyclic) bond motifs is 1. The molecule has 1 atom stereocenters. The quantitative estimate of drug-likeness (QED) is 0.353. The third-order valence-corrected chi connectivity index (χ3v) is 6.60. The molecule has 2 aromatic carbocycles. The molecule has 1 amide bonds. The fraction of sp³-hybridized carbons (Fsp3) is 0.160. The number of nitrogens with zero attached hydrogens (tertiary/aromatic N) is 2. The minimum absolute atomic E-state index is 0.0254. The second-order valence-corrected chi connectivity index (χ2v) is 8.65. The highest BCUT2D eigenvalue weighted by molar-refractivity contribution is 7.22. The summed E-state index contributed by atoms with van der Waals surface area (Å²) < 4.78 is 16.8. The van der Waals surface area contributed by atoms with E-state index in [0.717, 1.165) is 4.70 Å². The Hall–Kier alpha value is -4.31. The molecule has 0 saturated heterocycles. The van der Waals surface area contributed by atoms with Crippen LogP contribution in [0.3, 0.4) is 0 Å². The van der Waals surface area contributed by atoms with Crippen LogP contribution < -0.4 is 14.4 Å². The summed E-state index contributed by atoms with van der Waals surface area (Å²) in [5, 5.41) is 21.2. The number of ether oxygens (including phenoxy) is 2. The summed E-state index contributed by atoms with van der Waals surface area (Å²) in [6.45, 7) is 2.39. The molecule has 10 heteroatoms. The third kappa shape index (κ3) is 3.77. The molecule has 3 heterocycles. The van der Waals surface area contributed by atoms with Crippen molar-refractivity contribution < 1.29 is 33.7 Å². The number of aliphatic hydroxyl groups excluding tert-OH is 1. The molecule has 1 aliphatic heterocycles. The highest BCUT2D eigenvalue weighted by Gasteiger charge is 2.46. The van der Waals surface area contributed by atoms with Gasteiger partial charge in [0.05, 0.1) is 41.8 Å². The fourth-order valence-electron chi connectivity index (χ4n) is 4.01. The van der Waals surface area contributed by atoms with E-state index in [4.69, 9.17) is 13.9 Å². The normalized spacial score (nSPS) is 15.8. The van der Waals surface area contributed by atoms with Gasteiger partial charge >= 0.3 is 0 Å². The molecule has 0 fully saturated rings. The van der Waals surface area contributed by atoms with Crippen LogP contribution in [0, 0.1) is 0 Å². The standard InChI is InChI=1S/C25H20N2O7S/c1-3-33-14-7-8-15-19(12-14)35-25(26-15)27-21(13-6-9-16(28)18(11-13)32-2)20(23(30)24(27)31)22(29)17-5-4-10-34-17/h4-12,21,28,30H,3H2,1-2H3. The van der Waals surface area contributed by atoms with E-state index in [-0.39, 0.29) is 28.0 Å². The van der Waals surface area contributed by atoms with Crippen molar-refractivity contribution in [2.24, 2.45) is 0 Å². The predicted octanol–water partition coefficient (Wildman–Crippen LogP) is 4.79. The molecule has 4 aromatic rings. The summed E-state index contributed by atoms with van der Waals surface area (Å²) in [7, 11) is 1.39. The molecule has 0 saturated carbocycles. The van der Waals surface area contributed by atoms with E-state index in [1.165, 1.54) is 47.8 Å². The van der Waals surface area contributed by atoms with Crippen molar-refractivity contribution in [1.29, 1.82) is 0 Å². The van der Waals surface area contributed by atoms with Crippen LogP contribution in [0.5, 0.6) is 17.2 Å². The Kier molecular flexibility index (Phi) is 5.65. The number of benzene rings is 2. The van der Waals surface area contributed by atoms with Crippen LogP contribution in [0.4, 0.5) is 5.13 Å². The molecule has 0 spiro atoms. The van der Waals surface area contributed by atoms with Gasteiger partial charge in [0.2, 0.25) is 5.78 Å². The van der Waals surface area contributed by atoms with Crippen LogP contribution in [-0.4, -0.2) is 40.6 Å². The predicted molar refractivity (Wildman–Crippen MR) is 128 cm³/mol. The maximum Gasteiger partial charge on any atom is 0.296 e. The Morgan fingerprint density at radius 3 is 2.74 bits per heavy atom. The lowest BCUT2D eigenvalue weighted by molar-refractivity contribution is -0.117. The van der Waals surface area contributed by atoms with Gasteiger partial charge in [-0.25, -0.2) is 4.98 Å². The van der Waals surface area contributed by atoms with Gasteiger partial charge in [0.1, 0.15) is 5.75 Å². The molecule has 1 aliphatic rings. The molecule has 0 radical (unpaired) electrons. The molecular formula is C25H20N2O7S. The lowest BCUT2D eigenvalue weighted by atomic mass is 9.95. The van der Waals surface area contributed by atoms with Gasteiger partial charge in [-0.2, -0.15) is 0 Å². The number of aromatic hydroxyl groups is 1. The number of furan rings is 1. The zero-order valence-electron chi connectivity index (χ0n) is 18.7. The lowest BCUT2D eigenvalue weighted by Crippen LogP contribution is -2.31. The van der Waals surface area contributed by atoms with E-state index in [1.807, 2.05) is 13.0 Å². The molecule has 0 bridgehead atoms. The summed E-state index contributed by atoms with van der Waals surface area (Å²) in [4.78, 5) is 32.5. The largest absolute Gasteiger partial charge is 0.504 e. The molecule has 9 nitrogen and oxygen atoms in total. The van der Waals surface area contributed by atoms with Gasteiger partial charge in [-0.05, 0) is 55.0 Å². The van der Waals surface area contributed by atoms with Gasteiger partial charge in [-0.1, -0.05) is 17.4 Å². The van der Waals surface area contributed by atoms with Crippen LogP contribution in [-0.2, 0) is 4.79 Å². The Morgan fingerprint density at radius 1 is 1.20 bits per heavy atom. The first-order chi connectivity index (χ1) is 16.9. The molecule has 0 aliphatic carbocycles. The van der Waals surface area contributed by atoms with Crippen LogP contribution in [0.2, 0.25) is 0 Å². The van der Waals surface area contributed by atoms with Crippen molar-refractivity contribution >= 4 is 38.4 Å². The van der Waals surface area contributed by atoms with Gasteiger partial charge in [-0.15, -0.1) is 0 Å².